The topological polar surface area (TPSA) is 105 Å². The van der Waals surface area contributed by atoms with Gasteiger partial charge in [-0.3, -0.25) is 0 Å². The summed E-state index contributed by atoms with van der Waals surface area (Å²) in [7, 11) is 0. The zero-order chi connectivity index (χ0) is 24.6. The number of nitrogens with one attached hydrogen (secondary N) is 1. The van der Waals surface area contributed by atoms with Gasteiger partial charge < -0.3 is 20.3 Å². The minimum atomic E-state index is -5.08. The summed E-state index contributed by atoms with van der Waals surface area (Å²) in [5.74, 6) is -0.438. The highest BCUT2D eigenvalue weighted by atomic mass is 19.4. The first kappa shape index (κ1) is 25.0. The van der Waals surface area contributed by atoms with Gasteiger partial charge in [0, 0.05) is 18.2 Å². The molecular weight excluding hydrogens is 451 g/mol. The van der Waals surface area contributed by atoms with Crippen molar-refractivity contribution in [1.82, 2.24) is 9.97 Å². The monoisotopic (exact) mass is 475 g/mol. The molecule has 4 rings (SSSR count). The quantitative estimate of drug-likeness (QED) is 0.433. The first-order chi connectivity index (χ1) is 16.2. The average Bonchev–Trinajstić information content (AvgIpc) is 3.67. The van der Waals surface area contributed by atoms with Gasteiger partial charge in [-0.1, -0.05) is 30.3 Å². The van der Waals surface area contributed by atoms with Crippen LogP contribution in [0.4, 0.5) is 19.0 Å². The van der Waals surface area contributed by atoms with Gasteiger partial charge in [-0.25, -0.2) is 14.8 Å². The van der Waals surface area contributed by atoms with E-state index in [1.54, 1.807) is 0 Å². The van der Waals surface area contributed by atoms with E-state index in [2.05, 4.69) is 15.3 Å². The summed E-state index contributed by atoms with van der Waals surface area (Å²) in [5.41, 5.74) is 2.71. The Labute approximate surface area is 194 Å². The fraction of sp³-hybridized carbons (Fsp3) is 0.292. The van der Waals surface area contributed by atoms with Crippen molar-refractivity contribution in [2.75, 3.05) is 18.5 Å². The van der Waals surface area contributed by atoms with Gasteiger partial charge in [0.1, 0.15) is 17.9 Å². The van der Waals surface area contributed by atoms with Crippen molar-refractivity contribution in [1.29, 1.82) is 0 Å². The molecule has 0 bridgehead atoms. The molecule has 1 fully saturated rings. The molecule has 3 N–H and O–H groups in total. The highest BCUT2D eigenvalue weighted by Gasteiger charge is 2.38. The van der Waals surface area contributed by atoms with Gasteiger partial charge in [-0.2, -0.15) is 13.2 Å². The SMILES string of the molecule is O=C(O)C(F)(F)F.O[C@@H](CNc1cc(-c2ccc(OCC3CC3)cc2)ncn1)c1ccccc1. The van der Waals surface area contributed by atoms with Gasteiger partial charge in [0.25, 0.3) is 0 Å². The van der Waals surface area contributed by atoms with E-state index in [-0.39, 0.29) is 0 Å². The van der Waals surface area contributed by atoms with Crippen LogP contribution in [0.2, 0.25) is 0 Å². The first-order valence-electron chi connectivity index (χ1n) is 10.5. The van der Waals surface area contributed by atoms with Crippen LogP contribution in [0.5, 0.6) is 5.75 Å². The van der Waals surface area contributed by atoms with E-state index in [1.807, 2.05) is 60.7 Å². The third-order valence-electron chi connectivity index (χ3n) is 4.90. The number of halogens is 3. The molecule has 180 valence electrons. The Hall–Kier alpha value is -3.66. The number of nitrogens with zero attached hydrogens (tertiary/aromatic N) is 2. The Morgan fingerprint density at radius 2 is 1.74 bits per heavy atom. The van der Waals surface area contributed by atoms with E-state index in [0.717, 1.165) is 35.1 Å². The van der Waals surface area contributed by atoms with Crippen molar-refractivity contribution >= 4 is 11.8 Å². The van der Waals surface area contributed by atoms with Crippen molar-refractivity contribution in [3.63, 3.8) is 0 Å². The first-order valence-corrected chi connectivity index (χ1v) is 10.5. The summed E-state index contributed by atoms with van der Waals surface area (Å²) >= 11 is 0. The third kappa shape index (κ3) is 8.04. The second-order valence-electron chi connectivity index (χ2n) is 7.68. The van der Waals surface area contributed by atoms with Gasteiger partial charge in [-0.15, -0.1) is 0 Å². The molecule has 34 heavy (non-hydrogen) atoms. The lowest BCUT2D eigenvalue weighted by molar-refractivity contribution is -0.192. The molecule has 0 amide bonds. The summed E-state index contributed by atoms with van der Waals surface area (Å²) in [4.78, 5) is 17.5. The molecule has 0 spiro atoms. The Morgan fingerprint density at radius 1 is 1.09 bits per heavy atom. The minimum Gasteiger partial charge on any atom is -0.493 e. The largest absolute Gasteiger partial charge is 0.493 e. The van der Waals surface area contributed by atoms with Gasteiger partial charge in [0.2, 0.25) is 0 Å². The van der Waals surface area contributed by atoms with E-state index >= 15 is 0 Å². The van der Waals surface area contributed by atoms with Gasteiger partial charge in [0.05, 0.1) is 18.4 Å². The van der Waals surface area contributed by atoms with Crippen LogP contribution in [-0.4, -0.2) is 45.5 Å². The number of aliphatic hydroxyl groups excluding tert-OH is 1. The molecule has 0 aliphatic heterocycles. The molecule has 0 radical (unpaired) electrons. The van der Waals surface area contributed by atoms with Crippen LogP contribution in [0, 0.1) is 5.92 Å². The summed E-state index contributed by atoms with van der Waals surface area (Å²) in [5, 5.41) is 20.6. The predicted octanol–water partition coefficient (Wildman–Crippen LogP) is 4.71. The molecular formula is C24H24F3N3O4. The standard InChI is InChI=1S/C22H23N3O2.C2HF3O2/c26-21(18-4-2-1-3-5-18)13-23-22-12-20(24-15-25-22)17-8-10-19(11-9-17)27-14-16-6-7-16;3-2(4,5)1(6)7/h1-5,8-12,15-16,21,26H,6-7,13-14H2,(H,23,24,25);(H,6,7)/t21-;/m0./s1. The second-order valence-corrected chi connectivity index (χ2v) is 7.68. The highest BCUT2D eigenvalue weighted by Crippen LogP contribution is 2.30. The van der Waals surface area contributed by atoms with E-state index in [4.69, 9.17) is 14.6 Å². The summed E-state index contributed by atoms with van der Waals surface area (Å²) in [6.45, 7) is 1.19. The molecule has 1 aromatic heterocycles. The maximum absolute atomic E-state index is 10.6. The Morgan fingerprint density at radius 3 is 2.32 bits per heavy atom. The number of anilines is 1. The zero-order valence-corrected chi connectivity index (χ0v) is 18.1. The van der Waals surface area contributed by atoms with Crippen LogP contribution in [0.1, 0.15) is 24.5 Å². The maximum atomic E-state index is 10.6. The smallest absolute Gasteiger partial charge is 0.490 e. The number of carboxylic acids is 1. The number of rotatable bonds is 8. The molecule has 0 unspecified atom stereocenters. The van der Waals surface area contributed by atoms with Crippen molar-refractivity contribution in [3.8, 4) is 17.0 Å². The molecule has 0 saturated heterocycles. The van der Waals surface area contributed by atoms with Gasteiger partial charge in [-0.05, 0) is 48.6 Å². The summed E-state index contributed by atoms with van der Waals surface area (Å²) < 4.78 is 37.5. The van der Waals surface area contributed by atoms with Crippen LogP contribution in [-0.2, 0) is 4.79 Å². The van der Waals surface area contributed by atoms with E-state index in [0.29, 0.717) is 12.4 Å². The van der Waals surface area contributed by atoms with Gasteiger partial charge in [0.15, 0.2) is 0 Å². The van der Waals surface area contributed by atoms with Crippen LogP contribution >= 0.6 is 0 Å². The van der Waals surface area contributed by atoms with Gasteiger partial charge >= 0.3 is 12.1 Å². The number of aliphatic hydroxyl groups is 1. The van der Waals surface area contributed by atoms with E-state index in [1.165, 1.54) is 19.2 Å². The normalized spacial score (nSPS) is 13.9. The molecule has 1 aliphatic carbocycles. The lowest BCUT2D eigenvalue weighted by atomic mass is 10.1. The van der Waals surface area contributed by atoms with Crippen molar-refractivity contribution in [2.24, 2.45) is 5.92 Å². The Kier molecular flexibility index (Phi) is 8.42. The van der Waals surface area contributed by atoms with E-state index < -0.39 is 18.2 Å². The summed E-state index contributed by atoms with van der Waals surface area (Å²) in [6, 6.07) is 19.4. The molecule has 10 heteroatoms. The second kappa shape index (κ2) is 11.5. The molecule has 3 aromatic rings. The molecule has 1 atom stereocenters. The number of hydrogen-bond acceptors (Lipinski definition) is 6. The van der Waals surface area contributed by atoms with Crippen molar-refractivity contribution < 1.29 is 32.9 Å². The van der Waals surface area contributed by atoms with E-state index in [9.17, 15) is 18.3 Å². The fourth-order valence-electron chi connectivity index (χ4n) is 2.83. The Balaban J connectivity index is 0.000000406. The highest BCUT2D eigenvalue weighted by molar-refractivity contribution is 5.73. The molecule has 1 aliphatic rings. The minimum absolute atomic E-state index is 0.383. The number of aromatic nitrogens is 2. The molecule has 1 heterocycles. The van der Waals surface area contributed by atoms with Crippen LogP contribution < -0.4 is 10.1 Å². The van der Waals surface area contributed by atoms with Crippen LogP contribution in [0.3, 0.4) is 0 Å². The van der Waals surface area contributed by atoms with Crippen molar-refractivity contribution in [2.45, 2.75) is 25.1 Å². The lowest BCUT2D eigenvalue weighted by Crippen LogP contribution is -2.21. The lowest BCUT2D eigenvalue weighted by Gasteiger charge is -2.13. The molecule has 7 nitrogen and oxygen atoms in total. The molecule has 2 aromatic carbocycles. The number of aliphatic carboxylic acids is 1. The number of ether oxygens (including phenoxy) is 1. The zero-order valence-electron chi connectivity index (χ0n) is 18.1. The summed E-state index contributed by atoms with van der Waals surface area (Å²) in [6.07, 6.45) is -1.57. The predicted molar refractivity (Wildman–Crippen MR) is 119 cm³/mol. The molecule has 1 saturated carbocycles. The third-order valence-corrected chi connectivity index (χ3v) is 4.90. The van der Waals surface area contributed by atoms with Crippen molar-refractivity contribution in [3.05, 3.63) is 72.6 Å². The number of hydrogen-bond donors (Lipinski definition) is 3. The maximum Gasteiger partial charge on any atom is 0.490 e. The Bertz CT molecular complexity index is 1060. The number of alkyl halides is 3. The fourth-order valence-corrected chi connectivity index (χ4v) is 2.83. The van der Waals surface area contributed by atoms with Crippen LogP contribution in [0.15, 0.2) is 67.0 Å². The number of carbonyl (C=O) groups is 1. The van der Waals surface area contributed by atoms with Crippen LogP contribution in [0.25, 0.3) is 11.3 Å². The number of carboxylic acid groups (broad SMARTS) is 1. The number of benzene rings is 2. The average molecular weight is 475 g/mol.